The van der Waals surface area contributed by atoms with Gasteiger partial charge < -0.3 is 14.5 Å². The number of nitrogens with zero attached hydrogens (tertiary/aromatic N) is 5. The molecule has 2 heterocycles. The topological polar surface area (TPSA) is 63.5 Å². The van der Waals surface area contributed by atoms with Gasteiger partial charge in [-0.1, -0.05) is 0 Å². The predicted molar refractivity (Wildman–Crippen MR) is 87.0 cm³/mol. The van der Waals surface area contributed by atoms with Crippen LogP contribution in [0.5, 0.6) is 0 Å². The van der Waals surface area contributed by atoms with Crippen molar-refractivity contribution >= 4 is 11.7 Å². The molecule has 1 aliphatic heterocycles. The van der Waals surface area contributed by atoms with Crippen LogP contribution in [0.4, 0.5) is 5.69 Å². The third-order valence-corrected chi connectivity index (χ3v) is 4.04. The van der Waals surface area contributed by atoms with Gasteiger partial charge in [0.2, 0.25) is 0 Å². The molecule has 1 aliphatic rings. The van der Waals surface area contributed by atoms with E-state index in [9.17, 15) is 4.79 Å². The van der Waals surface area contributed by atoms with Gasteiger partial charge in [0.25, 0.3) is 0 Å². The Hall–Kier alpha value is -2.41. The van der Waals surface area contributed by atoms with Crippen LogP contribution in [0.15, 0.2) is 30.9 Å². The van der Waals surface area contributed by atoms with E-state index in [1.54, 1.807) is 17.2 Å². The van der Waals surface area contributed by atoms with Crippen LogP contribution in [0.2, 0.25) is 0 Å². The third-order valence-electron chi connectivity index (χ3n) is 4.04. The summed E-state index contributed by atoms with van der Waals surface area (Å²) >= 11 is 0. The van der Waals surface area contributed by atoms with E-state index in [1.807, 2.05) is 25.1 Å². The van der Waals surface area contributed by atoms with Gasteiger partial charge in [-0.3, -0.25) is 4.57 Å². The molecule has 0 radical (unpaired) electrons. The first kappa shape index (κ1) is 15.5. The standard InChI is InChI=1S/C16H21N5O2/c1-3-23-16(22)14-10-13(21-11-17-18-12-21)4-5-15(14)20-8-6-19(2)7-9-20/h4-5,10-12H,3,6-9H2,1-2H3. The number of esters is 1. The zero-order chi connectivity index (χ0) is 16.2. The molecule has 1 aromatic carbocycles. The number of hydrogen-bond donors (Lipinski definition) is 0. The lowest BCUT2D eigenvalue weighted by molar-refractivity contribution is 0.0527. The third kappa shape index (κ3) is 3.34. The second-order valence-electron chi connectivity index (χ2n) is 5.58. The van der Waals surface area contributed by atoms with Gasteiger partial charge in [-0.25, -0.2) is 4.79 Å². The summed E-state index contributed by atoms with van der Waals surface area (Å²) in [5, 5.41) is 7.62. The lowest BCUT2D eigenvalue weighted by atomic mass is 10.1. The molecule has 7 heteroatoms. The number of carbonyl (C=O) groups excluding carboxylic acids is 1. The molecular formula is C16H21N5O2. The van der Waals surface area contributed by atoms with Crippen molar-refractivity contribution in [1.82, 2.24) is 19.7 Å². The highest BCUT2D eigenvalue weighted by molar-refractivity contribution is 5.96. The maximum absolute atomic E-state index is 12.4. The fourth-order valence-corrected chi connectivity index (χ4v) is 2.71. The molecule has 0 unspecified atom stereocenters. The highest BCUT2D eigenvalue weighted by Gasteiger charge is 2.21. The molecular weight excluding hydrogens is 294 g/mol. The van der Waals surface area contributed by atoms with Crippen molar-refractivity contribution in [2.24, 2.45) is 0 Å². The van der Waals surface area contributed by atoms with E-state index in [1.165, 1.54) is 0 Å². The van der Waals surface area contributed by atoms with E-state index in [-0.39, 0.29) is 5.97 Å². The number of aromatic nitrogens is 3. The van der Waals surface area contributed by atoms with Crippen LogP contribution >= 0.6 is 0 Å². The molecule has 23 heavy (non-hydrogen) atoms. The highest BCUT2D eigenvalue weighted by Crippen LogP contribution is 2.25. The normalized spacial score (nSPS) is 15.7. The van der Waals surface area contributed by atoms with E-state index >= 15 is 0 Å². The largest absolute Gasteiger partial charge is 0.462 e. The van der Waals surface area contributed by atoms with E-state index in [4.69, 9.17) is 4.74 Å². The highest BCUT2D eigenvalue weighted by atomic mass is 16.5. The van der Waals surface area contributed by atoms with Crippen molar-refractivity contribution in [2.75, 3.05) is 44.7 Å². The average molecular weight is 315 g/mol. The van der Waals surface area contributed by atoms with Crippen molar-refractivity contribution in [3.8, 4) is 5.69 Å². The van der Waals surface area contributed by atoms with Gasteiger partial charge in [-0.15, -0.1) is 10.2 Å². The minimum Gasteiger partial charge on any atom is -0.462 e. The number of anilines is 1. The lowest BCUT2D eigenvalue weighted by Gasteiger charge is -2.35. The van der Waals surface area contributed by atoms with E-state index in [2.05, 4.69) is 27.0 Å². The number of piperazine rings is 1. The van der Waals surface area contributed by atoms with E-state index in [0.29, 0.717) is 12.2 Å². The molecule has 1 aromatic heterocycles. The lowest BCUT2D eigenvalue weighted by Crippen LogP contribution is -2.45. The van der Waals surface area contributed by atoms with Gasteiger partial charge in [0.05, 0.1) is 17.9 Å². The quantitative estimate of drug-likeness (QED) is 0.790. The Balaban J connectivity index is 1.96. The van der Waals surface area contributed by atoms with Crippen molar-refractivity contribution in [1.29, 1.82) is 0 Å². The fourth-order valence-electron chi connectivity index (χ4n) is 2.71. The smallest absolute Gasteiger partial charge is 0.340 e. The molecule has 1 fully saturated rings. The number of carbonyl (C=O) groups is 1. The van der Waals surface area contributed by atoms with Crippen LogP contribution in [-0.4, -0.2) is 65.5 Å². The maximum Gasteiger partial charge on any atom is 0.340 e. The van der Waals surface area contributed by atoms with Crippen LogP contribution in [0.3, 0.4) is 0 Å². The van der Waals surface area contributed by atoms with Gasteiger partial charge >= 0.3 is 5.97 Å². The molecule has 0 atom stereocenters. The van der Waals surface area contributed by atoms with Gasteiger partial charge in [-0.2, -0.15) is 0 Å². The van der Waals surface area contributed by atoms with Crippen LogP contribution in [-0.2, 0) is 4.74 Å². The average Bonchev–Trinajstić information content (AvgIpc) is 3.10. The molecule has 0 spiro atoms. The van der Waals surface area contributed by atoms with E-state index < -0.39 is 0 Å². The number of rotatable bonds is 4. The molecule has 0 saturated carbocycles. The fraction of sp³-hybridized carbons (Fsp3) is 0.438. The van der Waals surface area contributed by atoms with Crippen molar-refractivity contribution in [3.05, 3.63) is 36.4 Å². The zero-order valence-electron chi connectivity index (χ0n) is 13.5. The maximum atomic E-state index is 12.4. The Bertz CT molecular complexity index is 663. The molecule has 7 nitrogen and oxygen atoms in total. The van der Waals surface area contributed by atoms with Gasteiger partial charge in [-0.05, 0) is 32.2 Å². The molecule has 0 bridgehead atoms. The molecule has 0 N–H and O–H groups in total. The minimum absolute atomic E-state index is 0.295. The van der Waals surface area contributed by atoms with Crippen LogP contribution in [0, 0.1) is 0 Å². The summed E-state index contributed by atoms with van der Waals surface area (Å²) < 4.78 is 7.01. The van der Waals surface area contributed by atoms with Crippen LogP contribution in [0.25, 0.3) is 5.69 Å². The van der Waals surface area contributed by atoms with Gasteiger partial charge in [0.1, 0.15) is 12.7 Å². The number of benzene rings is 1. The monoisotopic (exact) mass is 315 g/mol. The molecule has 3 rings (SSSR count). The van der Waals surface area contributed by atoms with Crippen molar-refractivity contribution in [2.45, 2.75) is 6.92 Å². The number of hydrogen-bond acceptors (Lipinski definition) is 6. The Morgan fingerprint density at radius 1 is 1.17 bits per heavy atom. The summed E-state index contributed by atoms with van der Waals surface area (Å²) in [6, 6.07) is 5.79. The molecule has 1 saturated heterocycles. The molecule has 2 aromatic rings. The zero-order valence-corrected chi connectivity index (χ0v) is 13.5. The van der Waals surface area contributed by atoms with Gasteiger partial charge in [0, 0.05) is 31.9 Å². The Kier molecular flexibility index (Phi) is 4.57. The predicted octanol–water partition coefficient (Wildman–Crippen LogP) is 1.20. The first-order valence-electron chi connectivity index (χ1n) is 7.78. The van der Waals surface area contributed by atoms with Crippen molar-refractivity contribution < 1.29 is 9.53 Å². The van der Waals surface area contributed by atoms with E-state index in [0.717, 1.165) is 37.6 Å². The summed E-state index contributed by atoms with van der Waals surface area (Å²) in [5.41, 5.74) is 2.35. The summed E-state index contributed by atoms with van der Waals surface area (Å²) in [4.78, 5) is 16.9. The van der Waals surface area contributed by atoms with Crippen LogP contribution < -0.4 is 4.90 Å². The van der Waals surface area contributed by atoms with Crippen LogP contribution in [0.1, 0.15) is 17.3 Å². The van der Waals surface area contributed by atoms with Crippen molar-refractivity contribution in [3.63, 3.8) is 0 Å². The molecule has 122 valence electrons. The summed E-state index contributed by atoms with van der Waals surface area (Å²) in [5.74, 6) is -0.295. The summed E-state index contributed by atoms with van der Waals surface area (Å²) in [6.45, 7) is 5.93. The Morgan fingerprint density at radius 3 is 2.52 bits per heavy atom. The Labute approximate surface area is 135 Å². The minimum atomic E-state index is -0.295. The number of ether oxygens (including phenoxy) is 1. The second kappa shape index (κ2) is 6.78. The summed E-state index contributed by atoms with van der Waals surface area (Å²) in [7, 11) is 2.11. The SMILES string of the molecule is CCOC(=O)c1cc(-n2cnnc2)ccc1N1CCN(C)CC1. The molecule has 0 aliphatic carbocycles. The Morgan fingerprint density at radius 2 is 1.87 bits per heavy atom. The summed E-state index contributed by atoms with van der Waals surface area (Å²) in [6.07, 6.45) is 3.22. The molecule has 0 amide bonds. The number of likely N-dealkylation sites (N-methyl/N-ethyl adjacent to an activating group) is 1. The first-order chi connectivity index (χ1) is 11.2. The van der Waals surface area contributed by atoms with Gasteiger partial charge in [0.15, 0.2) is 0 Å². The second-order valence-corrected chi connectivity index (χ2v) is 5.58. The first-order valence-corrected chi connectivity index (χ1v) is 7.78.